The number of para-hydroxylation sites is 2. The summed E-state index contributed by atoms with van der Waals surface area (Å²) in [7, 11) is 1.72. The molecule has 1 aliphatic heterocycles. The molecular weight excluding hydrogens is 462 g/mol. The number of hydrogen-bond acceptors (Lipinski definition) is 2. The van der Waals surface area contributed by atoms with Crippen LogP contribution in [0.3, 0.4) is 0 Å². The average molecular weight is 490 g/mol. The summed E-state index contributed by atoms with van der Waals surface area (Å²) >= 11 is 0. The smallest absolute Gasteiger partial charge is 0.363 e. The van der Waals surface area contributed by atoms with Crippen LogP contribution in [0.2, 0.25) is 0 Å². The molecule has 3 aromatic carbocycles. The maximum absolute atomic E-state index is 5.65. The largest absolute Gasteiger partial charge is 1.00 e. The van der Waals surface area contributed by atoms with Crippen LogP contribution in [-0.4, -0.2) is 18.2 Å². The SMILES string of the molecule is COc1ccccc1-[n+]1cc(-c2ccc(-c3ccccc3)cc2)n2c1NCC(C)(C)C2.[Br-]. The summed E-state index contributed by atoms with van der Waals surface area (Å²) < 4.78 is 10.3. The zero-order valence-corrected chi connectivity index (χ0v) is 20.3. The highest BCUT2D eigenvalue weighted by molar-refractivity contribution is 5.69. The number of hydrogen-bond donors (Lipinski definition) is 1. The van der Waals surface area contributed by atoms with Gasteiger partial charge in [0, 0.05) is 11.0 Å². The molecule has 1 aromatic heterocycles. The van der Waals surface area contributed by atoms with E-state index in [-0.39, 0.29) is 22.4 Å². The number of nitrogens with zero attached hydrogens (tertiary/aromatic N) is 2. The summed E-state index contributed by atoms with van der Waals surface area (Å²) in [5, 5.41) is 3.67. The van der Waals surface area contributed by atoms with Gasteiger partial charge >= 0.3 is 5.95 Å². The average Bonchev–Trinajstić information content (AvgIpc) is 3.17. The summed E-state index contributed by atoms with van der Waals surface area (Å²) in [6.07, 6.45) is 2.22. The zero-order chi connectivity index (χ0) is 21.4. The fourth-order valence-corrected chi connectivity index (χ4v) is 4.35. The third kappa shape index (κ3) is 4.05. The summed E-state index contributed by atoms with van der Waals surface area (Å²) in [5.74, 6) is 1.95. The highest BCUT2D eigenvalue weighted by atomic mass is 79.9. The lowest BCUT2D eigenvalue weighted by Crippen LogP contribution is -3.00. The van der Waals surface area contributed by atoms with Crippen LogP contribution >= 0.6 is 0 Å². The van der Waals surface area contributed by atoms with E-state index in [9.17, 15) is 0 Å². The first kappa shape index (κ1) is 22.2. The van der Waals surface area contributed by atoms with E-state index in [1.165, 1.54) is 22.4 Å². The van der Waals surface area contributed by atoms with Crippen LogP contribution < -0.4 is 31.6 Å². The van der Waals surface area contributed by atoms with Crippen LogP contribution in [0.5, 0.6) is 5.75 Å². The minimum Gasteiger partial charge on any atom is -1.00 e. The summed E-state index contributed by atoms with van der Waals surface area (Å²) in [5.41, 5.74) is 6.07. The number of aromatic nitrogens is 2. The maximum Gasteiger partial charge on any atom is 0.363 e. The molecule has 0 saturated heterocycles. The standard InChI is InChI=1S/C27H27N3O.BrH/c1-27(2)18-28-26-29(23-11-7-8-12-25(23)31-3)17-24(30(26)19-27)22-15-13-21(14-16-22)20-9-5-4-6-10-20;/h4-17H,18-19H2,1-3H3;1H. The second-order valence-electron chi connectivity index (χ2n) is 8.93. The number of fused-ring (bicyclic) bond motifs is 1. The Labute approximate surface area is 200 Å². The normalized spacial score (nSPS) is 14.1. The van der Waals surface area contributed by atoms with Crippen molar-refractivity contribution in [1.29, 1.82) is 0 Å². The van der Waals surface area contributed by atoms with Gasteiger partial charge in [0.15, 0.2) is 5.75 Å². The first-order chi connectivity index (χ1) is 15.1. The lowest BCUT2D eigenvalue weighted by molar-refractivity contribution is -0.580. The van der Waals surface area contributed by atoms with Crippen molar-refractivity contribution in [2.24, 2.45) is 5.41 Å². The molecule has 1 aliphatic rings. The number of ether oxygens (including phenoxy) is 1. The molecule has 4 aromatic rings. The Morgan fingerprint density at radius 3 is 2.19 bits per heavy atom. The molecule has 5 rings (SSSR count). The van der Waals surface area contributed by atoms with Crippen molar-refractivity contribution in [1.82, 2.24) is 4.57 Å². The van der Waals surface area contributed by atoms with Gasteiger partial charge in [-0.05, 0) is 23.3 Å². The van der Waals surface area contributed by atoms with Gasteiger partial charge in [-0.2, -0.15) is 4.57 Å². The van der Waals surface area contributed by atoms with E-state index in [0.717, 1.165) is 30.5 Å². The van der Waals surface area contributed by atoms with Gasteiger partial charge in [0.25, 0.3) is 0 Å². The Morgan fingerprint density at radius 2 is 1.47 bits per heavy atom. The molecule has 4 nitrogen and oxygen atoms in total. The summed E-state index contributed by atoms with van der Waals surface area (Å²) in [4.78, 5) is 0. The molecule has 0 fully saturated rings. The van der Waals surface area contributed by atoms with Crippen LogP contribution in [0.1, 0.15) is 13.8 Å². The second-order valence-corrected chi connectivity index (χ2v) is 8.93. The van der Waals surface area contributed by atoms with Crippen LogP contribution in [0.25, 0.3) is 28.1 Å². The Morgan fingerprint density at radius 1 is 0.844 bits per heavy atom. The quantitative estimate of drug-likeness (QED) is 0.446. The van der Waals surface area contributed by atoms with Crippen molar-refractivity contribution in [3.63, 3.8) is 0 Å². The predicted molar refractivity (Wildman–Crippen MR) is 126 cm³/mol. The molecule has 5 heteroatoms. The molecule has 0 unspecified atom stereocenters. The highest BCUT2D eigenvalue weighted by Crippen LogP contribution is 2.34. The fraction of sp³-hybridized carbons (Fsp3) is 0.222. The Hall–Kier alpha value is -3.05. The third-order valence-electron chi connectivity index (χ3n) is 5.97. The fourth-order valence-electron chi connectivity index (χ4n) is 4.35. The van der Waals surface area contributed by atoms with Gasteiger partial charge in [-0.25, -0.2) is 4.57 Å². The van der Waals surface area contributed by atoms with Gasteiger partial charge in [-0.15, -0.1) is 0 Å². The van der Waals surface area contributed by atoms with E-state index in [1.807, 2.05) is 12.1 Å². The first-order valence-electron chi connectivity index (χ1n) is 10.7. The topological polar surface area (TPSA) is 30.1 Å². The molecular formula is C27H28BrN3O. The predicted octanol–water partition coefficient (Wildman–Crippen LogP) is 2.56. The minimum absolute atomic E-state index is 0. The van der Waals surface area contributed by atoms with Gasteiger partial charge in [0.05, 0.1) is 20.2 Å². The monoisotopic (exact) mass is 489 g/mol. The van der Waals surface area contributed by atoms with E-state index in [4.69, 9.17) is 4.74 Å². The van der Waals surface area contributed by atoms with Gasteiger partial charge in [-0.1, -0.05) is 80.6 Å². The molecule has 0 saturated carbocycles. The number of anilines is 1. The van der Waals surface area contributed by atoms with E-state index in [0.29, 0.717) is 0 Å². The van der Waals surface area contributed by atoms with Crippen molar-refractivity contribution in [2.75, 3.05) is 19.0 Å². The molecule has 1 N–H and O–H groups in total. The first-order valence-corrected chi connectivity index (χ1v) is 10.7. The summed E-state index contributed by atoms with van der Waals surface area (Å²) in [6.45, 7) is 6.49. The lowest BCUT2D eigenvalue weighted by atomic mass is 9.92. The molecule has 0 atom stereocenters. The van der Waals surface area contributed by atoms with Crippen LogP contribution in [-0.2, 0) is 6.54 Å². The van der Waals surface area contributed by atoms with Crippen molar-refractivity contribution in [3.8, 4) is 33.8 Å². The number of nitrogens with one attached hydrogen (secondary N) is 1. The molecule has 32 heavy (non-hydrogen) atoms. The van der Waals surface area contributed by atoms with Crippen molar-refractivity contribution in [2.45, 2.75) is 20.4 Å². The minimum atomic E-state index is 0. The van der Waals surface area contributed by atoms with E-state index < -0.39 is 0 Å². The van der Waals surface area contributed by atoms with Crippen molar-refractivity contribution >= 4 is 5.95 Å². The second kappa shape index (κ2) is 8.83. The lowest BCUT2D eigenvalue weighted by Gasteiger charge is -2.28. The van der Waals surface area contributed by atoms with Crippen LogP contribution in [0, 0.1) is 5.41 Å². The Kier molecular flexibility index (Phi) is 6.11. The number of methoxy groups -OCH3 is 1. The van der Waals surface area contributed by atoms with Crippen LogP contribution in [0.4, 0.5) is 5.95 Å². The molecule has 2 heterocycles. The van der Waals surface area contributed by atoms with E-state index in [1.54, 1.807) is 7.11 Å². The molecule has 0 amide bonds. The molecule has 0 bridgehead atoms. The third-order valence-corrected chi connectivity index (χ3v) is 5.97. The van der Waals surface area contributed by atoms with Gasteiger partial charge in [0.2, 0.25) is 0 Å². The van der Waals surface area contributed by atoms with E-state index in [2.05, 4.69) is 101 Å². The van der Waals surface area contributed by atoms with Crippen molar-refractivity contribution < 1.29 is 26.3 Å². The van der Waals surface area contributed by atoms with Gasteiger partial charge < -0.3 is 21.7 Å². The number of imidazole rings is 1. The number of halogens is 1. The molecule has 164 valence electrons. The number of benzene rings is 3. The zero-order valence-electron chi connectivity index (χ0n) is 18.7. The Bertz CT molecular complexity index is 1210. The number of rotatable bonds is 4. The van der Waals surface area contributed by atoms with Gasteiger partial charge in [0.1, 0.15) is 17.6 Å². The highest BCUT2D eigenvalue weighted by Gasteiger charge is 2.36. The molecule has 0 radical (unpaired) electrons. The van der Waals surface area contributed by atoms with E-state index >= 15 is 0 Å². The van der Waals surface area contributed by atoms with Gasteiger partial charge in [-0.3, -0.25) is 5.32 Å². The Balaban J connectivity index is 0.00000245. The summed E-state index contributed by atoms with van der Waals surface area (Å²) in [6, 6.07) is 27.5. The maximum atomic E-state index is 5.65. The molecule has 0 spiro atoms. The molecule has 0 aliphatic carbocycles. The van der Waals surface area contributed by atoms with Crippen LogP contribution in [0.15, 0.2) is 85.1 Å². The van der Waals surface area contributed by atoms with Crippen molar-refractivity contribution in [3.05, 3.63) is 85.1 Å².